The molecule has 0 N–H and O–H groups in total. The van der Waals surface area contributed by atoms with Crippen molar-refractivity contribution in [1.82, 2.24) is 0 Å². The van der Waals surface area contributed by atoms with Crippen molar-refractivity contribution >= 4 is 8.80 Å². The summed E-state index contributed by atoms with van der Waals surface area (Å²) in [4.78, 5) is 0. The minimum atomic E-state index is -2.47. The molecular formula is C13H24O3Si. The molecular weight excluding hydrogens is 232 g/mol. The molecule has 0 aromatic heterocycles. The molecule has 1 fully saturated rings. The Morgan fingerprint density at radius 1 is 0.941 bits per heavy atom. The summed E-state index contributed by atoms with van der Waals surface area (Å²) in [6.45, 7) is 8.14. The summed E-state index contributed by atoms with van der Waals surface area (Å²) in [5.74, 6) is 1.36. The molecule has 0 saturated heterocycles. The van der Waals surface area contributed by atoms with Gasteiger partial charge in [-0.15, -0.1) is 0 Å². The second-order valence-corrected chi connectivity index (χ2v) is 7.60. The third kappa shape index (κ3) is 2.50. The molecule has 1 saturated carbocycles. The first kappa shape index (κ1) is 13.3. The van der Waals surface area contributed by atoms with E-state index >= 15 is 0 Å². The third-order valence-corrected chi connectivity index (χ3v) is 7.41. The first-order chi connectivity index (χ1) is 8.25. The van der Waals surface area contributed by atoms with Crippen LogP contribution in [-0.4, -0.2) is 28.6 Å². The van der Waals surface area contributed by atoms with Crippen LogP contribution in [0.2, 0.25) is 5.54 Å². The summed E-state index contributed by atoms with van der Waals surface area (Å²) < 4.78 is 18.0. The maximum absolute atomic E-state index is 6.01. The van der Waals surface area contributed by atoms with E-state index in [0.717, 1.165) is 5.92 Å². The van der Waals surface area contributed by atoms with Crippen LogP contribution in [0.3, 0.4) is 0 Å². The van der Waals surface area contributed by atoms with Crippen LogP contribution in [0.15, 0.2) is 12.2 Å². The van der Waals surface area contributed by atoms with E-state index in [9.17, 15) is 0 Å². The molecule has 4 heteroatoms. The fourth-order valence-electron chi connectivity index (χ4n) is 3.24. The van der Waals surface area contributed by atoms with Gasteiger partial charge in [0.05, 0.1) is 0 Å². The Hall–Kier alpha value is -0.163. The van der Waals surface area contributed by atoms with Crippen molar-refractivity contribution in [2.24, 2.45) is 11.8 Å². The van der Waals surface area contributed by atoms with Gasteiger partial charge in [-0.25, -0.2) is 0 Å². The Bertz CT molecular complexity index is 263. The molecule has 17 heavy (non-hydrogen) atoms. The van der Waals surface area contributed by atoms with Crippen molar-refractivity contribution in [2.45, 2.75) is 39.2 Å². The number of rotatable bonds is 7. The van der Waals surface area contributed by atoms with Gasteiger partial charge < -0.3 is 13.3 Å². The largest absolute Gasteiger partial charge is 0.504 e. The topological polar surface area (TPSA) is 27.7 Å². The summed E-state index contributed by atoms with van der Waals surface area (Å²) in [6, 6.07) is 0. The summed E-state index contributed by atoms with van der Waals surface area (Å²) >= 11 is 0. The minimum absolute atomic E-state index is 0.484. The highest BCUT2D eigenvalue weighted by atomic mass is 28.4. The zero-order valence-electron chi connectivity index (χ0n) is 11.1. The highest BCUT2D eigenvalue weighted by Crippen LogP contribution is 2.52. The quantitative estimate of drug-likeness (QED) is 0.518. The Morgan fingerprint density at radius 3 is 1.88 bits per heavy atom. The molecule has 2 aliphatic rings. The van der Waals surface area contributed by atoms with Gasteiger partial charge in [0.25, 0.3) is 0 Å². The van der Waals surface area contributed by atoms with Crippen molar-refractivity contribution in [3.05, 3.63) is 12.2 Å². The van der Waals surface area contributed by atoms with Crippen LogP contribution in [0.4, 0.5) is 0 Å². The van der Waals surface area contributed by atoms with Crippen LogP contribution >= 0.6 is 0 Å². The summed E-state index contributed by atoms with van der Waals surface area (Å²) in [6.07, 6.45) is 7.15. The SMILES string of the molecule is CCO[Si](OCC)(OCC)[C@H]1C[C@H]2C=C[C@@H]1C2. The van der Waals surface area contributed by atoms with Crippen LogP contribution in [-0.2, 0) is 13.3 Å². The Morgan fingerprint density at radius 2 is 1.53 bits per heavy atom. The van der Waals surface area contributed by atoms with Gasteiger partial charge >= 0.3 is 8.80 Å². The first-order valence-electron chi connectivity index (χ1n) is 6.85. The van der Waals surface area contributed by atoms with E-state index in [1.807, 2.05) is 20.8 Å². The van der Waals surface area contributed by atoms with Gasteiger partial charge in [0.15, 0.2) is 0 Å². The molecule has 2 aliphatic carbocycles. The van der Waals surface area contributed by atoms with E-state index in [1.54, 1.807) is 0 Å². The van der Waals surface area contributed by atoms with Gasteiger partial charge in [-0.1, -0.05) is 12.2 Å². The fourth-order valence-corrected chi connectivity index (χ4v) is 6.70. The minimum Gasteiger partial charge on any atom is -0.374 e. The predicted octanol–water partition coefficient (Wildman–Crippen LogP) is 3.00. The van der Waals surface area contributed by atoms with Crippen molar-refractivity contribution in [3.63, 3.8) is 0 Å². The molecule has 0 spiro atoms. The molecule has 98 valence electrons. The van der Waals surface area contributed by atoms with Crippen LogP contribution in [0.1, 0.15) is 33.6 Å². The number of hydrogen-bond donors (Lipinski definition) is 0. The van der Waals surface area contributed by atoms with Crippen molar-refractivity contribution in [2.75, 3.05) is 19.8 Å². The molecule has 0 heterocycles. The maximum atomic E-state index is 6.01. The van der Waals surface area contributed by atoms with E-state index in [2.05, 4.69) is 12.2 Å². The Balaban J connectivity index is 2.15. The van der Waals surface area contributed by atoms with E-state index < -0.39 is 8.80 Å². The van der Waals surface area contributed by atoms with E-state index in [-0.39, 0.29) is 0 Å². The lowest BCUT2D eigenvalue weighted by atomic mass is 10.1. The lowest BCUT2D eigenvalue weighted by Crippen LogP contribution is -2.51. The summed E-state index contributed by atoms with van der Waals surface area (Å²) in [5.41, 5.74) is 0.484. The van der Waals surface area contributed by atoms with Crippen LogP contribution < -0.4 is 0 Å². The normalized spacial score (nSPS) is 31.4. The summed E-state index contributed by atoms with van der Waals surface area (Å²) in [7, 11) is -2.47. The van der Waals surface area contributed by atoms with Gasteiger partial charge in [-0.3, -0.25) is 0 Å². The lowest BCUT2D eigenvalue weighted by molar-refractivity contribution is 0.0578. The predicted molar refractivity (Wildman–Crippen MR) is 69.7 cm³/mol. The number of fused-ring (bicyclic) bond motifs is 2. The third-order valence-electron chi connectivity index (χ3n) is 3.77. The monoisotopic (exact) mass is 256 g/mol. The standard InChI is InChI=1S/C13H24O3Si/c1-4-14-17(15-5-2,16-6-3)13-10-11-7-8-12(13)9-11/h7-8,11-13H,4-6,9-10H2,1-3H3/t11-,12+,13-/m0/s1. The molecule has 0 aromatic carbocycles. The highest BCUT2D eigenvalue weighted by Gasteiger charge is 2.56. The highest BCUT2D eigenvalue weighted by molar-refractivity contribution is 6.62. The van der Waals surface area contributed by atoms with Crippen molar-refractivity contribution in [1.29, 1.82) is 0 Å². The zero-order chi connectivity index (χ0) is 12.3. The van der Waals surface area contributed by atoms with Crippen molar-refractivity contribution in [3.8, 4) is 0 Å². The molecule has 3 nitrogen and oxygen atoms in total. The molecule has 3 atom stereocenters. The van der Waals surface area contributed by atoms with Gasteiger partial charge in [0.1, 0.15) is 0 Å². The van der Waals surface area contributed by atoms with Gasteiger partial charge in [-0.05, 0) is 45.4 Å². The Labute approximate surface area is 106 Å². The van der Waals surface area contributed by atoms with E-state index in [4.69, 9.17) is 13.3 Å². The van der Waals surface area contributed by atoms with Crippen LogP contribution in [0.25, 0.3) is 0 Å². The van der Waals surface area contributed by atoms with Gasteiger partial charge in [0, 0.05) is 25.4 Å². The molecule has 2 rings (SSSR count). The molecule has 0 aromatic rings. The smallest absolute Gasteiger partial charge is 0.374 e. The second kappa shape index (κ2) is 5.65. The van der Waals surface area contributed by atoms with E-state index in [1.165, 1.54) is 12.8 Å². The van der Waals surface area contributed by atoms with Crippen LogP contribution in [0.5, 0.6) is 0 Å². The maximum Gasteiger partial charge on any atom is 0.504 e. The molecule has 0 unspecified atom stereocenters. The zero-order valence-corrected chi connectivity index (χ0v) is 12.1. The first-order valence-corrected chi connectivity index (χ1v) is 8.66. The van der Waals surface area contributed by atoms with Crippen LogP contribution in [0, 0.1) is 11.8 Å². The average molecular weight is 256 g/mol. The van der Waals surface area contributed by atoms with Gasteiger partial charge in [0.2, 0.25) is 0 Å². The Kier molecular flexibility index (Phi) is 4.41. The second-order valence-electron chi connectivity index (χ2n) is 4.79. The molecule has 0 aliphatic heterocycles. The molecule has 2 bridgehead atoms. The average Bonchev–Trinajstić information content (AvgIpc) is 2.91. The number of allylic oxidation sites excluding steroid dienone is 2. The van der Waals surface area contributed by atoms with Crippen molar-refractivity contribution < 1.29 is 13.3 Å². The fraction of sp³-hybridized carbons (Fsp3) is 0.846. The summed E-state index contributed by atoms with van der Waals surface area (Å²) in [5, 5.41) is 0. The lowest BCUT2D eigenvalue weighted by Gasteiger charge is -2.36. The van der Waals surface area contributed by atoms with Gasteiger partial charge in [-0.2, -0.15) is 0 Å². The number of hydrogen-bond acceptors (Lipinski definition) is 3. The molecule has 0 amide bonds. The van der Waals surface area contributed by atoms with E-state index in [0.29, 0.717) is 31.3 Å². The molecule has 0 radical (unpaired) electrons.